The average molecular weight is 212 g/mol. The summed E-state index contributed by atoms with van der Waals surface area (Å²) < 4.78 is 14.3. The summed E-state index contributed by atoms with van der Waals surface area (Å²) in [5.74, 6) is -0.783. The van der Waals surface area contributed by atoms with Crippen molar-refractivity contribution in [3.8, 4) is 0 Å². The van der Waals surface area contributed by atoms with Gasteiger partial charge in [-0.25, -0.2) is 9.59 Å². The van der Waals surface area contributed by atoms with Gasteiger partial charge in [0, 0.05) is 6.07 Å². The fraction of sp³-hybridized carbons (Fsp3) is 0.400. The molecule has 0 bridgehead atoms. The summed E-state index contributed by atoms with van der Waals surface area (Å²) in [5, 5.41) is 0. The number of ether oxygens (including phenoxy) is 2. The smallest absolute Gasteiger partial charge is 0.373 e. The minimum Gasteiger partial charge on any atom is -0.463 e. The van der Waals surface area contributed by atoms with Crippen LogP contribution in [0.2, 0.25) is 0 Å². The first-order chi connectivity index (χ1) is 7.10. The van der Waals surface area contributed by atoms with E-state index < -0.39 is 11.9 Å². The number of furan rings is 1. The SMILES string of the molecule is CCOC(=O)c1cc(C(=O)OC)oc1C. The van der Waals surface area contributed by atoms with Crippen molar-refractivity contribution in [1.82, 2.24) is 0 Å². The van der Waals surface area contributed by atoms with Crippen molar-refractivity contribution in [1.29, 1.82) is 0 Å². The molecule has 1 aromatic heterocycles. The van der Waals surface area contributed by atoms with E-state index in [2.05, 4.69) is 4.74 Å². The molecule has 5 nitrogen and oxygen atoms in total. The van der Waals surface area contributed by atoms with Crippen molar-refractivity contribution in [3.63, 3.8) is 0 Å². The number of methoxy groups -OCH3 is 1. The molecule has 1 rings (SSSR count). The second-order valence-corrected chi connectivity index (χ2v) is 2.79. The number of carbonyl (C=O) groups is 2. The van der Waals surface area contributed by atoms with Gasteiger partial charge < -0.3 is 13.9 Å². The van der Waals surface area contributed by atoms with E-state index >= 15 is 0 Å². The molecule has 0 aliphatic heterocycles. The predicted molar refractivity (Wildman–Crippen MR) is 50.7 cm³/mol. The molecule has 1 aromatic rings. The lowest BCUT2D eigenvalue weighted by Gasteiger charge is -1.97. The van der Waals surface area contributed by atoms with Crippen LogP contribution in [0.3, 0.4) is 0 Å². The predicted octanol–water partition coefficient (Wildman–Crippen LogP) is 1.55. The number of hydrogen-bond acceptors (Lipinski definition) is 5. The monoisotopic (exact) mass is 212 g/mol. The molecule has 0 saturated heterocycles. The standard InChI is InChI=1S/C10H12O5/c1-4-14-9(11)7-5-8(10(12)13-3)15-6(7)2/h5H,4H2,1-3H3. The van der Waals surface area contributed by atoms with Crippen LogP contribution in [0.15, 0.2) is 10.5 Å². The molecule has 0 atom stereocenters. The van der Waals surface area contributed by atoms with Crippen LogP contribution in [0.5, 0.6) is 0 Å². The third kappa shape index (κ3) is 2.37. The van der Waals surface area contributed by atoms with Crippen LogP contribution in [0.4, 0.5) is 0 Å². The Morgan fingerprint density at radius 3 is 2.60 bits per heavy atom. The van der Waals surface area contributed by atoms with Crippen molar-refractivity contribution in [2.75, 3.05) is 13.7 Å². The van der Waals surface area contributed by atoms with Crippen molar-refractivity contribution < 1.29 is 23.5 Å². The van der Waals surface area contributed by atoms with Crippen LogP contribution in [0.1, 0.15) is 33.6 Å². The Morgan fingerprint density at radius 1 is 1.40 bits per heavy atom. The lowest BCUT2D eigenvalue weighted by Crippen LogP contribution is -2.04. The zero-order valence-corrected chi connectivity index (χ0v) is 8.83. The van der Waals surface area contributed by atoms with Crippen molar-refractivity contribution >= 4 is 11.9 Å². The van der Waals surface area contributed by atoms with Crippen molar-refractivity contribution in [2.24, 2.45) is 0 Å². The van der Waals surface area contributed by atoms with Crippen LogP contribution in [-0.2, 0) is 9.47 Å². The Labute approximate surface area is 87.0 Å². The summed E-state index contributed by atoms with van der Waals surface area (Å²) in [7, 11) is 1.24. The summed E-state index contributed by atoms with van der Waals surface area (Å²) in [6.45, 7) is 3.56. The Hall–Kier alpha value is -1.78. The molecule has 0 fully saturated rings. The van der Waals surface area contributed by atoms with E-state index in [9.17, 15) is 9.59 Å². The Kier molecular flexibility index (Phi) is 3.49. The normalized spacial score (nSPS) is 9.80. The maximum absolute atomic E-state index is 11.4. The number of carbonyl (C=O) groups excluding carboxylic acids is 2. The molecule has 0 N–H and O–H groups in total. The van der Waals surface area contributed by atoms with E-state index in [0.717, 1.165) is 0 Å². The van der Waals surface area contributed by atoms with E-state index in [1.165, 1.54) is 13.2 Å². The molecule has 82 valence electrons. The van der Waals surface area contributed by atoms with E-state index in [4.69, 9.17) is 9.15 Å². The highest BCUT2D eigenvalue weighted by atomic mass is 16.5. The summed E-state index contributed by atoms with van der Waals surface area (Å²) in [6, 6.07) is 1.32. The fourth-order valence-corrected chi connectivity index (χ4v) is 1.09. The fourth-order valence-electron chi connectivity index (χ4n) is 1.09. The zero-order valence-electron chi connectivity index (χ0n) is 8.83. The lowest BCUT2D eigenvalue weighted by atomic mass is 10.2. The molecule has 1 heterocycles. The summed E-state index contributed by atoms with van der Waals surface area (Å²) >= 11 is 0. The van der Waals surface area contributed by atoms with Crippen molar-refractivity contribution in [2.45, 2.75) is 13.8 Å². The summed E-state index contributed by atoms with van der Waals surface area (Å²) in [5.41, 5.74) is 0.247. The molecule has 0 amide bonds. The summed E-state index contributed by atoms with van der Waals surface area (Å²) in [6.07, 6.45) is 0. The Morgan fingerprint density at radius 2 is 2.07 bits per heavy atom. The minimum absolute atomic E-state index is 0.00180. The van der Waals surface area contributed by atoms with Gasteiger partial charge in [-0.2, -0.15) is 0 Å². The maximum atomic E-state index is 11.4. The summed E-state index contributed by atoms with van der Waals surface area (Å²) in [4.78, 5) is 22.4. The molecule has 0 aromatic carbocycles. The van der Waals surface area contributed by atoms with Gasteiger partial charge in [0.05, 0.1) is 13.7 Å². The van der Waals surface area contributed by atoms with Crippen LogP contribution in [0, 0.1) is 6.92 Å². The van der Waals surface area contributed by atoms with Gasteiger partial charge >= 0.3 is 11.9 Å². The van der Waals surface area contributed by atoms with Gasteiger partial charge in [0.2, 0.25) is 5.76 Å². The first kappa shape index (κ1) is 11.3. The second-order valence-electron chi connectivity index (χ2n) is 2.79. The molecular weight excluding hydrogens is 200 g/mol. The van der Waals surface area contributed by atoms with Crippen LogP contribution < -0.4 is 0 Å². The van der Waals surface area contributed by atoms with E-state index in [1.807, 2.05) is 0 Å². The van der Waals surface area contributed by atoms with Gasteiger partial charge in [0.1, 0.15) is 11.3 Å². The Bertz CT molecular complexity index is 377. The van der Waals surface area contributed by atoms with Crippen LogP contribution >= 0.6 is 0 Å². The van der Waals surface area contributed by atoms with Crippen LogP contribution in [-0.4, -0.2) is 25.7 Å². The molecule has 0 aliphatic carbocycles. The third-order valence-corrected chi connectivity index (χ3v) is 1.80. The third-order valence-electron chi connectivity index (χ3n) is 1.80. The molecule has 0 spiro atoms. The molecular formula is C10H12O5. The largest absolute Gasteiger partial charge is 0.463 e. The molecule has 0 aliphatic rings. The van der Waals surface area contributed by atoms with Crippen LogP contribution in [0.25, 0.3) is 0 Å². The Balaban J connectivity index is 2.96. The van der Waals surface area contributed by atoms with Crippen molar-refractivity contribution in [3.05, 3.63) is 23.2 Å². The molecule has 5 heteroatoms. The number of rotatable bonds is 3. The van der Waals surface area contributed by atoms with Gasteiger partial charge in [-0.05, 0) is 13.8 Å². The second kappa shape index (κ2) is 4.63. The van der Waals surface area contributed by atoms with Gasteiger partial charge in [0.25, 0.3) is 0 Å². The number of hydrogen-bond donors (Lipinski definition) is 0. The van der Waals surface area contributed by atoms with E-state index in [1.54, 1.807) is 13.8 Å². The lowest BCUT2D eigenvalue weighted by molar-refractivity contribution is 0.0522. The topological polar surface area (TPSA) is 65.7 Å². The van der Waals surface area contributed by atoms with Gasteiger partial charge in [-0.1, -0.05) is 0 Å². The first-order valence-electron chi connectivity index (χ1n) is 4.46. The first-order valence-corrected chi connectivity index (χ1v) is 4.46. The molecule has 0 radical (unpaired) electrons. The number of esters is 2. The molecule has 15 heavy (non-hydrogen) atoms. The van der Waals surface area contributed by atoms with Gasteiger partial charge in [-0.15, -0.1) is 0 Å². The van der Waals surface area contributed by atoms with E-state index in [0.29, 0.717) is 5.76 Å². The zero-order chi connectivity index (χ0) is 11.4. The van der Waals surface area contributed by atoms with Gasteiger partial charge in [-0.3, -0.25) is 0 Å². The quantitative estimate of drug-likeness (QED) is 0.711. The van der Waals surface area contributed by atoms with E-state index in [-0.39, 0.29) is 17.9 Å². The van der Waals surface area contributed by atoms with Gasteiger partial charge in [0.15, 0.2) is 0 Å². The highest BCUT2D eigenvalue weighted by Crippen LogP contribution is 2.16. The molecule has 0 saturated carbocycles. The maximum Gasteiger partial charge on any atom is 0.373 e. The highest BCUT2D eigenvalue weighted by Gasteiger charge is 2.19. The number of aryl methyl sites for hydroxylation is 1. The molecule has 0 unspecified atom stereocenters. The highest BCUT2D eigenvalue weighted by molar-refractivity contribution is 5.94. The minimum atomic E-state index is -0.617. The average Bonchev–Trinajstić information content (AvgIpc) is 2.59.